The molecule has 0 spiro atoms. The van der Waals surface area contributed by atoms with E-state index in [0.717, 1.165) is 13.1 Å². The molecule has 1 aliphatic heterocycles. The quantitative estimate of drug-likeness (QED) is 0.234. The van der Waals surface area contributed by atoms with Crippen LogP contribution in [0, 0.1) is 0 Å². The number of carbonyl (C=O) groups excluding carboxylic acids is 2. The Labute approximate surface area is 200 Å². The maximum atomic E-state index is 13.2. The van der Waals surface area contributed by atoms with Gasteiger partial charge in [0.1, 0.15) is 23.9 Å². The van der Waals surface area contributed by atoms with Gasteiger partial charge in [0, 0.05) is 18.7 Å². The second-order valence-electron chi connectivity index (χ2n) is 7.92. The van der Waals surface area contributed by atoms with E-state index >= 15 is 0 Å². The number of rotatable bonds is 11. The van der Waals surface area contributed by atoms with Gasteiger partial charge in [-0.1, -0.05) is 38.6 Å². The standard InChI is InChI=1S/C27H32N2O5/c1-5-17-34-22-10-8-9-20(18-22)24-23(25(30)19-11-13-21(33-4)14-12-19)26(31)27(32)29(24)16-15-28(6-2)7-3/h5,8-14,18,24,30H,1,6-7,15-17H2,2-4H3/b25-23-. The fourth-order valence-corrected chi connectivity index (χ4v) is 4.08. The van der Waals surface area contributed by atoms with Crippen molar-refractivity contribution < 1.29 is 24.2 Å². The summed E-state index contributed by atoms with van der Waals surface area (Å²) in [5.74, 6) is -0.315. The number of Topliss-reactive ketones (excluding diaryl/α,β-unsaturated/α-hetero) is 1. The van der Waals surface area contributed by atoms with Crippen LogP contribution < -0.4 is 9.47 Å². The van der Waals surface area contributed by atoms with Crippen LogP contribution in [0.4, 0.5) is 0 Å². The Kier molecular flexibility index (Phi) is 8.49. The molecular weight excluding hydrogens is 432 g/mol. The second kappa shape index (κ2) is 11.5. The van der Waals surface area contributed by atoms with E-state index in [0.29, 0.717) is 42.3 Å². The molecule has 0 bridgehead atoms. The summed E-state index contributed by atoms with van der Waals surface area (Å²) >= 11 is 0. The summed E-state index contributed by atoms with van der Waals surface area (Å²) in [5, 5.41) is 11.2. The van der Waals surface area contributed by atoms with Gasteiger partial charge in [0.2, 0.25) is 0 Å². The molecule has 1 N–H and O–H groups in total. The smallest absolute Gasteiger partial charge is 0.295 e. The second-order valence-corrected chi connectivity index (χ2v) is 7.92. The molecule has 0 radical (unpaired) electrons. The number of ketones is 1. The number of carbonyl (C=O) groups is 2. The number of likely N-dealkylation sites (N-methyl/N-ethyl adjacent to an activating group) is 1. The lowest BCUT2D eigenvalue weighted by molar-refractivity contribution is -0.140. The molecule has 7 heteroatoms. The van der Waals surface area contributed by atoms with Gasteiger partial charge in [0.15, 0.2) is 0 Å². The molecule has 1 atom stereocenters. The van der Waals surface area contributed by atoms with E-state index in [9.17, 15) is 14.7 Å². The highest BCUT2D eigenvalue weighted by atomic mass is 16.5. The van der Waals surface area contributed by atoms with Crippen molar-refractivity contribution in [2.45, 2.75) is 19.9 Å². The Morgan fingerprint density at radius 2 is 1.82 bits per heavy atom. The van der Waals surface area contributed by atoms with E-state index < -0.39 is 17.7 Å². The van der Waals surface area contributed by atoms with Gasteiger partial charge < -0.3 is 24.4 Å². The van der Waals surface area contributed by atoms with Crippen LogP contribution >= 0.6 is 0 Å². The minimum Gasteiger partial charge on any atom is -0.507 e. The number of aliphatic hydroxyl groups excluding tert-OH is 1. The van der Waals surface area contributed by atoms with Crippen LogP contribution in [-0.4, -0.2) is 66.5 Å². The molecule has 3 rings (SSSR count). The first-order valence-corrected chi connectivity index (χ1v) is 11.4. The molecular formula is C27H32N2O5. The number of nitrogens with zero attached hydrogens (tertiary/aromatic N) is 2. The largest absolute Gasteiger partial charge is 0.507 e. The van der Waals surface area contributed by atoms with Crippen molar-refractivity contribution in [1.82, 2.24) is 9.80 Å². The summed E-state index contributed by atoms with van der Waals surface area (Å²) in [4.78, 5) is 30.0. The monoisotopic (exact) mass is 464 g/mol. The predicted molar refractivity (Wildman–Crippen MR) is 132 cm³/mol. The summed E-state index contributed by atoms with van der Waals surface area (Å²) < 4.78 is 10.9. The zero-order valence-corrected chi connectivity index (χ0v) is 20.0. The summed E-state index contributed by atoms with van der Waals surface area (Å²) in [6.07, 6.45) is 1.65. The number of hydrogen-bond donors (Lipinski definition) is 1. The first-order valence-electron chi connectivity index (χ1n) is 11.4. The molecule has 1 saturated heterocycles. The molecule has 180 valence electrons. The molecule has 1 amide bonds. The molecule has 0 aromatic heterocycles. The highest BCUT2D eigenvalue weighted by Crippen LogP contribution is 2.40. The lowest BCUT2D eigenvalue weighted by Gasteiger charge is -2.28. The van der Waals surface area contributed by atoms with E-state index in [-0.39, 0.29) is 11.3 Å². The summed E-state index contributed by atoms with van der Waals surface area (Å²) in [6, 6.07) is 13.2. The topological polar surface area (TPSA) is 79.3 Å². The average Bonchev–Trinajstić information content (AvgIpc) is 3.13. The van der Waals surface area contributed by atoms with E-state index in [2.05, 4.69) is 25.3 Å². The van der Waals surface area contributed by atoms with Crippen molar-refractivity contribution in [3.8, 4) is 11.5 Å². The van der Waals surface area contributed by atoms with Crippen LogP contribution in [0.1, 0.15) is 31.0 Å². The van der Waals surface area contributed by atoms with Crippen molar-refractivity contribution in [3.05, 3.63) is 77.9 Å². The molecule has 7 nitrogen and oxygen atoms in total. The third-order valence-corrected chi connectivity index (χ3v) is 6.00. The molecule has 1 fully saturated rings. The van der Waals surface area contributed by atoms with Crippen LogP contribution in [0.2, 0.25) is 0 Å². The van der Waals surface area contributed by atoms with Gasteiger partial charge in [-0.15, -0.1) is 0 Å². The Hall–Kier alpha value is -3.58. The van der Waals surface area contributed by atoms with Gasteiger partial charge in [0.25, 0.3) is 11.7 Å². The van der Waals surface area contributed by atoms with E-state index in [1.54, 1.807) is 54.5 Å². The number of amides is 1. The molecule has 1 unspecified atom stereocenters. The van der Waals surface area contributed by atoms with Crippen molar-refractivity contribution in [1.29, 1.82) is 0 Å². The summed E-state index contributed by atoms with van der Waals surface area (Å²) in [5.41, 5.74) is 1.19. The molecule has 1 aliphatic rings. The Morgan fingerprint density at radius 1 is 1.12 bits per heavy atom. The van der Waals surface area contributed by atoms with Crippen LogP contribution in [0.3, 0.4) is 0 Å². The minimum atomic E-state index is -0.732. The van der Waals surface area contributed by atoms with Crippen LogP contribution in [-0.2, 0) is 9.59 Å². The summed E-state index contributed by atoms with van der Waals surface area (Å²) in [6.45, 7) is 10.8. The van der Waals surface area contributed by atoms with Gasteiger partial charge in [0.05, 0.1) is 18.7 Å². The molecule has 2 aromatic carbocycles. The molecule has 0 aliphatic carbocycles. The zero-order valence-electron chi connectivity index (χ0n) is 20.0. The SMILES string of the molecule is C=CCOc1cccc(C2/C(=C(/O)c3ccc(OC)cc3)C(=O)C(=O)N2CCN(CC)CC)c1. The highest BCUT2D eigenvalue weighted by Gasteiger charge is 2.46. The van der Waals surface area contributed by atoms with E-state index in [1.807, 2.05) is 12.1 Å². The minimum absolute atomic E-state index is 0.0654. The Bertz CT molecular complexity index is 1060. The first kappa shape index (κ1) is 25.1. The number of likely N-dealkylation sites (tertiary alicyclic amines) is 1. The number of aliphatic hydroxyl groups is 1. The highest BCUT2D eigenvalue weighted by molar-refractivity contribution is 6.46. The number of ether oxygens (including phenoxy) is 2. The van der Waals surface area contributed by atoms with Gasteiger partial charge in [-0.05, 0) is 55.1 Å². The first-order chi connectivity index (χ1) is 16.4. The number of benzene rings is 2. The lowest BCUT2D eigenvalue weighted by Crippen LogP contribution is -2.38. The van der Waals surface area contributed by atoms with Gasteiger partial charge in [-0.25, -0.2) is 0 Å². The maximum Gasteiger partial charge on any atom is 0.295 e. The number of hydrogen-bond acceptors (Lipinski definition) is 6. The average molecular weight is 465 g/mol. The third kappa shape index (κ3) is 5.31. The zero-order chi connectivity index (χ0) is 24.7. The van der Waals surface area contributed by atoms with Crippen molar-refractivity contribution >= 4 is 17.4 Å². The number of methoxy groups -OCH3 is 1. The normalized spacial score (nSPS) is 17.3. The fraction of sp³-hybridized carbons (Fsp3) is 0.333. The Balaban J connectivity index is 2.09. The van der Waals surface area contributed by atoms with Crippen molar-refractivity contribution in [2.24, 2.45) is 0 Å². The summed E-state index contributed by atoms with van der Waals surface area (Å²) in [7, 11) is 1.55. The molecule has 1 heterocycles. The molecule has 0 saturated carbocycles. The van der Waals surface area contributed by atoms with Crippen LogP contribution in [0.15, 0.2) is 66.8 Å². The Morgan fingerprint density at radius 3 is 2.44 bits per heavy atom. The third-order valence-electron chi connectivity index (χ3n) is 6.00. The van der Waals surface area contributed by atoms with Crippen LogP contribution in [0.5, 0.6) is 11.5 Å². The van der Waals surface area contributed by atoms with Gasteiger partial charge >= 0.3 is 0 Å². The lowest BCUT2D eigenvalue weighted by atomic mass is 9.95. The van der Waals surface area contributed by atoms with E-state index in [4.69, 9.17) is 9.47 Å². The maximum absolute atomic E-state index is 13.2. The predicted octanol–water partition coefficient (Wildman–Crippen LogP) is 4.02. The fourth-order valence-electron chi connectivity index (χ4n) is 4.08. The molecule has 2 aromatic rings. The van der Waals surface area contributed by atoms with Crippen LogP contribution in [0.25, 0.3) is 5.76 Å². The van der Waals surface area contributed by atoms with Gasteiger partial charge in [-0.2, -0.15) is 0 Å². The van der Waals surface area contributed by atoms with Gasteiger partial charge in [-0.3, -0.25) is 9.59 Å². The van der Waals surface area contributed by atoms with Crippen molar-refractivity contribution in [2.75, 3.05) is 39.9 Å². The molecule has 34 heavy (non-hydrogen) atoms. The van der Waals surface area contributed by atoms with Crippen molar-refractivity contribution in [3.63, 3.8) is 0 Å². The van der Waals surface area contributed by atoms with E-state index in [1.165, 1.54) is 0 Å².